The van der Waals surface area contributed by atoms with Gasteiger partial charge in [-0.1, -0.05) is 12.1 Å². The van der Waals surface area contributed by atoms with Gasteiger partial charge < -0.3 is 5.11 Å². The lowest BCUT2D eigenvalue weighted by atomic mass is 9.74. The molecule has 2 aliphatic rings. The highest BCUT2D eigenvalue weighted by molar-refractivity contribution is 7.13. The molecule has 1 N–H and O–H groups in total. The highest BCUT2D eigenvalue weighted by Crippen LogP contribution is 2.53. The summed E-state index contributed by atoms with van der Waals surface area (Å²) in [5.74, 6) is -4.59. The number of hydrogen-bond acceptors (Lipinski definition) is 4. The summed E-state index contributed by atoms with van der Waals surface area (Å²) in [6, 6.07) is 7.45. The SMILES string of the molecule is N#Cc1cc(F)cc2c1[C@@H](c1ccc(-c3cncs3)c3c1CC(F)(F)[C@H]3O)CC[C@@H]2F. The van der Waals surface area contributed by atoms with E-state index in [0.717, 1.165) is 12.1 Å². The highest BCUT2D eigenvalue weighted by atomic mass is 32.1. The second kappa shape index (κ2) is 7.14. The minimum Gasteiger partial charge on any atom is -0.382 e. The summed E-state index contributed by atoms with van der Waals surface area (Å²) in [4.78, 5) is 4.66. The molecule has 2 aliphatic carbocycles. The van der Waals surface area contributed by atoms with Gasteiger partial charge in [0.1, 0.15) is 18.1 Å². The molecule has 0 amide bonds. The van der Waals surface area contributed by atoms with E-state index in [2.05, 4.69) is 4.98 Å². The standard InChI is InChI=1S/C23H16F4N2OS/c24-12-5-11(8-28)20-14(3-4-18(25)16(20)6-12)13-1-2-15(19-9-29-10-31-19)21-17(13)7-23(26,27)22(21)30/h1-2,5-6,9-10,14,18,22,30H,3-4,7H2/t14-,18+,22+/m1/s1. The second-order valence-corrected chi connectivity index (χ2v) is 8.85. The van der Waals surface area contributed by atoms with Gasteiger partial charge >= 0.3 is 0 Å². The van der Waals surface area contributed by atoms with Crippen molar-refractivity contribution in [2.45, 2.75) is 43.4 Å². The van der Waals surface area contributed by atoms with Crippen molar-refractivity contribution < 1.29 is 22.7 Å². The third kappa shape index (κ3) is 3.07. The van der Waals surface area contributed by atoms with Crippen molar-refractivity contribution in [3.8, 4) is 16.5 Å². The summed E-state index contributed by atoms with van der Waals surface area (Å²) in [5.41, 5.74) is 3.51. The molecule has 2 aromatic carbocycles. The number of rotatable bonds is 2. The number of nitrogens with zero attached hydrogens (tertiary/aromatic N) is 2. The van der Waals surface area contributed by atoms with Crippen LogP contribution < -0.4 is 0 Å². The summed E-state index contributed by atoms with van der Waals surface area (Å²) >= 11 is 1.28. The Bertz CT molecular complexity index is 1220. The van der Waals surface area contributed by atoms with Crippen molar-refractivity contribution in [2.24, 2.45) is 0 Å². The van der Waals surface area contributed by atoms with Crippen LogP contribution in [0.15, 0.2) is 36.0 Å². The minimum atomic E-state index is -3.35. The predicted octanol–water partition coefficient (Wildman–Crippen LogP) is 5.98. The van der Waals surface area contributed by atoms with E-state index in [1.165, 1.54) is 11.3 Å². The molecule has 0 aliphatic heterocycles. The molecular weight excluding hydrogens is 428 g/mol. The number of nitriles is 1. The fraction of sp³-hybridized carbons (Fsp3) is 0.304. The van der Waals surface area contributed by atoms with E-state index in [9.17, 15) is 27.9 Å². The summed E-state index contributed by atoms with van der Waals surface area (Å²) < 4.78 is 57.9. The quantitative estimate of drug-likeness (QED) is 0.495. The van der Waals surface area contributed by atoms with Gasteiger partial charge in [0.2, 0.25) is 0 Å². The number of aliphatic hydroxyl groups excluding tert-OH is 1. The van der Waals surface area contributed by atoms with Crippen molar-refractivity contribution >= 4 is 11.3 Å². The molecule has 3 nitrogen and oxygen atoms in total. The van der Waals surface area contributed by atoms with Crippen LogP contribution in [0.2, 0.25) is 0 Å². The van der Waals surface area contributed by atoms with Crippen LogP contribution in [-0.2, 0) is 6.42 Å². The van der Waals surface area contributed by atoms with Crippen LogP contribution in [0.4, 0.5) is 17.6 Å². The zero-order valence-electron chi connectivity index (χ0n) is 16.1. The summed E-state index contributed by atoms with van der Waals surface area (Å²) in [6.45, 7) is 0. The molecule has 0 saturated carbocycles. The van der Waals surface area contributed by atoms with Crippen molar-refractivity contribution in [3.05, 3.63) is 75.2 Å². The van der Waals surface area contributed by atoms with Crippen molar-refractivity contribution in [1.82, 2.24) is 4.98 Å². The fourth-order valence-electron chi connectivity index (χ4n) is 4.93. The smallest absolute Gasteiger partial charge is 0.281 e. The third-order valence-corrected chi connectivity index (χ3v) is 7.05. The van der Waals surface area contributed by atoms with E-state index in [4.69, 9.17) is 0 Å². The van der Waals surface area contributed by atoms with Crippen LogP contribution in [0.5, 0.6) is 0 Å². The Morgan fingerprint density at radius 1 is 1.16 bits per heavy atom. The molecule has 0 spiro atoms. The van der Waals surface area contributed by atoms with E-state index in [1.54, 1.807) is 23.8 Å². The first-order chi connectivity index (χ1) is 14.8. The van der Waals surface area contributed by atoms with Gasteiger partial charge in [-0.05, 0) is 58.4 Å². The first-order valence-electron chi connectivity index (χ1n) is 9.79. The molecule has 158 valence electrons. The molecule has 0 bridgehead atoms. The normalized spacial score (nSPS) is 23.8. The summed E-state index contributed by atoms with van der Waals surface area (Å²) in [7, 11) is 0. The number of thiazole rings is 1. The third-order valence-electron chi connectivity index (χ3n) is 6.24. The molecule has 3 aromatic rings. The fourth-order valence-corrected chi connectivity index (χ4v) is 5.59. The van der Waals surface area contributed by atoms with Gasteiger partial charge in [-0.15, -0.1) is 11.3 Å². The summed E-state index contributed by atoms with van der Waals surface area (Å²) in [6.07, 6.45) is -2.10. The number of aliphatic hydroxyl groups is 1. The van der Waals surface area contributed by atoms with Crippen LogP contribution in [0, 0.1) is 17.1 Å². The number of aromatic nitrogens is 1. The van der Waals surface area contributed by atoms with Crippen molar-refractivity contribution in [1.29, 1.82) is 5.26 Å². The van der Waals surface area contributed by atoms with Gasteiger partial charge in [0.15, 0.2) is 0 Å². The lowest BCUT2D eigenvalue weighted by Gasteiger charge is -2.31. The number of fused-ring (bicyclic) bond motifs is 2. The minimum absolute atomic E-state index is 0.00735. The molecule has 0 radical (unpaired) electrons. The Morgan fingerprint density at radius 2 is 1.97 bits per heavy atom. The zero-order chi connectivity index (χ0) is 21.9. The molecule has 0 unspecified atom stereocenters. The second-order valence-electron chi connectivity index (χ2n) is 7.97. The maximum atomic E-state index is 14.6. The Kier molecular flexibility index (Phi) is 4.65. The maximum Gasteiger partial charge on any atom is 0.281 e. The van der Waals surface area contributed by atoms with Gasteiger partial charge in [0.05, 0.1) is 22.0 Å². The number of halogens is 4. The van der Waals surface area contributed by atoms with Crippen molar-refractivity contribution in [3.63, 3.8) is 0 Å². The largest absolute Gasteiger partial charge is 0.382 e. The van der Waals surface area contributed by atoms with Gasteiger partial charge in [-0.3, -0.25) is 4.98 Å². The predicted molar refractivity (Wildman–Crippen MR) is 107 cm³/mol. The molecule has 1 heterocycles. The highest BCUT2D eigenvalue weighted by Gasteiger charge is 2.50. The van der Waals surface area contributed by atoms with Crippen LogP contribution in [-0.4, -0.2) is 16.0 Å². The summed E-state index contributed by atoms with van der Waals surface area (Å²) in [5, 5.41) is 20.0. The van der Waals surface area contributed by atoms with Crippen molar-refractivity contribution in [2.75, 3.05) is 0 Å². The average Bonchev–Trinajstić information content (AvgIpc) is 3.35. The number of hydrogen-bond donors (Lipinski definition) is 1. The Morgan fingerprint density at radius 3 is 2.68 bits per heavy atom. The molecule has 0 saturated heterocycles. The molecule has 8 heteroatoms. The number of benzene rings is 2. The van der Waals surface area contributed by atoms with Gasteiger partial charge in [0, 0.05) is 18.5 Å². The first-order valence-corrected chi connectivity index (χ1v) is 10.7. The zero-order valence-corrected chi connectivity index (χ0v) is 16.9. The van der Waals surface area contributed by atoms with Gasteiger partial charge in [-0.25, -0.2) is 17.6 Å². The molecule has 0 fully saturated rings. The van der Waals surface area contributed by atoms with E-state index < -0.39 is 36.4 Å². The first kappa shape index (κ1) is 20.2. The molecule has 1 aromatic heterocycles. The average molecular weight is 444 g/mol. The van der Waals surface area contributed by atoms with Crippen LogP contribution in [0.1, 0.15) is 64.4 Å². The van der Waals surface area contributed by atoms with E-state index in [1.807, 2.05) is 6.07 Å². The van der Waals surface area contributed by atoms with Gasteiger partial charge in [-0.2, -0.15) is 5.26 Å². The molecule has 31 heavy (non-hydrogen) atoms. The van der Waals surface area contributed by atoms with E-state index in [0.29, 0.717) is 33.6 Å². The monoisotopic (exact) mass is 444 g/mol. The Hall–Kier alpha value is -2.76. The Balaban J connectivity index is 1.75. The number of alkyl halides is 3. The Labute approximate surface area is 179 Å². The maximum absolute atomic E-state index is 14.6. The van der Waals surface area contributed by atoms with E-state index in [-0.39, 0.29) is 23.1 Å². The van der Waals surface area contributed by atoms with Crippen LogP contribution >= 0.6 is 11.3 Å². The lowest BCUT2D eigenvalue weighted by Crippen LogP contribution is -2.22. The molecule has 5 rings (SSSR count). The topological polar surface area (TPSA) is 56.9 Å². The molecule has 3 atom stereocenters. The van der Waals surface area contributed by atoms with Crippen LogP contribution in [0.25, 0.3) is 10.4 Å². The van der Waals surface area contributed by atoms with E-state index >= 15 is 0 Å². The lowest BCUT2D eigenvalue weighted by molar-refractivity contribution is -0.0966. The van der Waals surface area contributed by atoms with Gasteiger partial charge in [0.25, 0.3) is 5.92 Å². The van der Waals surface area contributed by atoms with Crippen LogP contribution in [0.3, 0.4) is 0 Å². The molecular formula is C23H16F4N2OS.